The Balaban J connectivity index is 2.12. The summed E-state index contributed by atoms with van der Waals surface area (Å²) in [5.41, 5.74) is 1.56. The molecular weight excluding hydrogens is 156 g/mol. The van der Waals surface area contributed by atoms with E-state index in [4.69, 9.17) is 11.6 Å². The predicted molar refractivity (Wildman–Crippen MR) is 48.8 cm³/mol. The normalized spacial score (nSPS) is 43.5. The highest BCUT2D eigenvalue weighted by atomic mass is 35.5. The quantitative estimate of drug-likeness (QED) is 0.386. The third-order valence-electron chi connectivity index (χ3n) is 3.08. The van der Waals surface area contributed by atoms with Gasteiger partial charge in [0.1, 0.15) is 0 Å². The first-order valence-electron chi connectivity index (χ1n) is 4.59. The summed E-state index contributed by atoms with van der Waals surface area (Å²) in [4.78, 5) is 0. The van der Waals surface area contributed by atoms with Gasteiger partial charge < -0.3 is 0 Å². The summed E-state index contributed by atoms with van der Waals surface area (Å²) in [7, 11) is 0. The number of hydrogen-bond donors (Lipinski definition) is 0. The van der Waals surface area contributed by atoms with Gasteiger partial charge in [0, 0.05) is 5.38 Å². The number of alkyl halides is 1. The van der Waals surface area contributed by atoms with Crippen LogP contribution in [0.15, 0.2) is 11.6 Å². The van der Waals surface area contributed by atoms with Crippen molar-refractivity contribution in [1.82, 2.24) is 0 Å². The number of rotatable bonds is 0. The Kier molecular flexibility index (Phi) is 1.97. The zero-order valence-corrected chi connectivity index (χ0v) is 7.77. The molecule has 0 aliphatic heterocycles. The van der Waals surface area contributed by atoms with Crippen molar-refractivity contribution in [2.45, 2.75) is 38.0 Å². The number of hydrogen-bond acceptors (Lipinski definition) is 0. The highest BCUT2D eigenvalue weighted by Crippen LogP contribution is 2.42. The number of halogens is 1. The van der Waals surface area contributed by atoms with E-state index in [1.165, 1.54) is 25.7 Å². The highest BCUT2D eigenvalue weighted by Gasteiger charge is 2.33. The molecule has 0 nitrogen and oxygen atoms in total. The lowest BCUT2D eigenvalue weighted by Crippen LogP contribution is -2.24. The van der Waals surface area contributed by atoms with Gasteiger partial charge in [-0.2, -0.15) is 0 Å². The molecule has 62 valence electrons. The van der Waals surface area contributed by atoms with Gasteiger partial charge in [0.15, 0.2) is 0 Å². The molecule has 1 heteroatoms. The average Bonchev–Trinajstić information content (AvgIpc) is 2.31. The Morgan fingerprint density at radius 1 is 1.45 bits per heavy atom. The van der Waals surface area contributed by atoms with E-state index in [1.807, 2.05) is 0 Å². The van der Waals surface area contributed by atoms with Crippen molar-refractivity contribution in [3.63, 3.8) is 0 Å². The lowest BCUT2D eigenvalue weighted by molar-refractivity contribution is 0.308. The Bertz CT molecular complexity index is 183. The van der Waals surface area contributed by atoms with Crippen molar-refractivity contribution in [3.05, 3.63) is 11.6 Å². The maximum atomic E-state index is 6.24. The largest absolute Gasteiger partial charge is 0.122 e. The fourth-order valence-corrected chi connectivity index (χ4v) is 2.98. The standard InChI is InChI=1S/C10H15Cl/c1-7-5-8-3-2-4-10(11)9(8)6-7/h6,8-10H,2-5H2,1H3. The molecule has 2 rings (SSSR count). The number of fused-ring (bicyclic) bond motifs is 1. The Morgan fingerprint density at radius 3 is 3.00 bits per heavy atom. The Morgan fingerprint density at radius 2 is 2.27 bits per heavy atom. The van der Waals surface area contributed by atoms with E-state index in [-0.39, 0.29) is 0 Å². The van der Waals surface area contributed by atoms with E-state index in [2.05, 4.69) is 13.0 Å². The molecule has 2 aliphatic rings. The molecule has 0 bridgehead atoms. The minimum Gasteiger partial charge on any atom is -0.122 e. The molecular formula is C10H15Cl. The summed E-state index contributed by atoms with van der Waals surface area (Å²) >= 11 is 6.24. The third-order valence-corrected chi connectivity index (χ3v) is 3.59. The van der Waals surface area contributed by atoms with Gasteiger partial charge in [-0.1, -0.05) is 18.1 Å². The second-order valence-corrected chi connectivity index (χ2v) is 4.56. The maximum absolute atomic E-state index is 6.24. The van der Waals surface area contributed by atoms with Gasteiger partial charge in [0.2, 0.25) is 0 Å². The van der Waals surface area contributed by atoms with Gasteiger partial charge in [-0.25, -0.2) is 0 Å². The fourth-order valence-electron chi connectivity index (χ4n) is 2.54. The molecule has 0 aromatic carbocycles. The second-order valence-electron chi connectivity index (χ2n) is 4.00. The van der Waals surface area contributed by atoms with Crippen molar-refractivity contribution in [3.8, 4) is 0 Å². The van der Waals surface area contributed by atoms with E-state index in [0.717, 1.165) is 5.92 Å². The minimum atomic E-state index is 0.436. The molecule has 0 spiro atoms. The van der Waals surface area contributed by atoms with Gasteiger partial charge >= 0.3 is 0 Å². The molecule has 0 N–H and O–H groups in total. The van der Waals surface area contributed by atoms with Crippen molar-refractivity contribution in [2.75, 3.05) is 0 Å². The summed E-state index contributed by atoms with van der Waals surface area (Å²) in [6, 6.07) is 0. The SMILES string of the molecule is CC1=CC2C(Cl)CCCC2C1. The molecule has 2 aliphatic carbocycles. The van der Waals surface area contributed by atoms with Gasteiger partial charge in [-0.05, 0) is 38.0 Å². The van der Waals surface area contributed by atoms with Crippen LogP contribution < -0.4 is 0 Å². The van der Waals surface area contributed by atoms with Crippen LogP contribution in [0.3, 0.4) is 0 Å². The molecule has 3 unspecified atom stereocenters. The Hall–Kier alpha value is 0.0300. The fraction of sp³-hybridized carbons (Fsp3) is 0.800. The predicted octanol–water partition coefficient (Wildman–Crippen LogP) is 3.36. The molecule has 0 heterocycles. The van der Waals surface area contributed by atoms with Crippen molar-refractivity contribution in [1.29, 1.82) is 0 Å². The molecule has 11 heavy (non-hydrogen) atoms. The molecule has 1 fully saturated rings. The van der Waals surface area contributed by atoms with Crippen LogP contribution in [0.1, 0.15) is 32.6 Å². The summed E-state index contributed by atoms with van der Waals surface area (Å²) in [5, 5.41) is 0.436. The van der Waals surface area contributed by atoms with Crippen molar-refractivity contribution in [2.24, 2.45) is 11.8 Å². The average molecular weight is 171 g/mol. The second kappa shape index (κ2) is 2.82. The summed E-state index contributed by atoms with van der Waals surface area (Å²) in [6.07, 6.45) is 7.69. The zero-order chi connectivity index (χ0) is 7.84. The first kappa shape index (κ1) is 7.67. The van der Waals surface area contributed by atoms with Gasteiger partial charge in [0.25, 0.3) is 0 Å². The first-order valence-corrected chi connectivity index (χ1v) is 5.02. The highest BCUT2D eigenvalue weighted by molar-refractivity contribution is 6.21. The molecule has 1 saturated carbocycles. The topological polar surface area (TPSA) is 0 Å². The van der Waals surface area contributed by atoms with Crippen LogP contribution in [-0.2, 0) is 0 Å². The molecule has 0 radical (unpaired) electrons. The first-order chi connectivity index (χ1) is 5.27. The van der Waals surface area contributed by atoms with E-state index in [0.29, 0.717) is 11.3 Å². The van der Waals surface area contributed by atoms with E-state index < -0.39 is 0 Å². The third kappa shape index (κ3) is 1.33. The lowest BCUT2D eigenvalue weighted by atomic mass is 9.81. The summed E-state index contributed by atoms with van der Waals surface area (Å²) in [6.45, 7) is 2.24. The van der Waals surface area contributed by atoms with Crippen LogP contribution in [0.25, 0.3) is 0 Å². The van der Waals surface area contributed by atoms with E-state index in [1.54, 1.807) is 5.57 Å². The summed E-state index contributed by atoms with van der Waals surface area (Å²) < 4.78 is 0. The molecule has 0 aromatic rings. The van der Waals surface area contributed by atoms with Crippen LogP contribution in [-0.4, -0.2) is 5.38 Å². The Labute approximate surface area is 73.6 Å². The van der Waals surface area contributed by atoms with E-state index in [9.17, 15) is 0 Å². The molecule has 3 atom stereocenters. The van der Waals surface area contributed by atoms with Crippen LogP contribution >= 0.6 is 11.6 Å². The van der Waals surface area contributed by atoms with Crippen LogP contribution in [0, 0.1) is 11.8 Å². The van der Waals surface area contributed by atoms with Crippen LogP contribution in [0.4, 0.5) is 0 Å². The van der Waals surface area contributed by atoms with Gasteiger partial charge in [0.05, 0.1) is 0 Å². The molecule has 0 amide bonds. The zero-order valence-electron chi connectivity index (χ0n) is 7.02. The van der Waals surface area contributed by atoms with Crippen LogP contribution in [0.2, 0.25) is 0 Å². The smallest absolute Gasteiger partial charge is 0.0401 e. The monoisotopic (exact) mass is 170 g/mol. The lowest BCUT2D eigenvalue weighted by Gasteiger charge is -2.29. The van der Waals surface area contributed by atoms with Gasteiger partial charge in [-0.3, -0.25) is 0 Å². The van der Waals surface area contributed by atoms with E-state index >= 15 is 0 Å². The molecule has 0 saturated heterocycles. The summed E-state index contributed by atoms with van der Waals surface area (Å²) in [5.74, 6) is 1.61. The van der Waals surface area contributed by atoms with Crippen LogP contribution in [0.5, 0.6) is 0 Å². The maximum Gasteiger partial charge on any atom is 0.0401 e. The van der Waals surface area contributed by atoms with Crippen molar-refractivity contribution < 1.29 is 0 Å². The molecule has 0 aromatic heterocycles. The van der Waals surface area contributed by atoms with Gasteiger partial charge in [-0.15, -0.1) is 11.6 Å². The minimum absolute atomic E-state index is 0.436. The number of allylic oxidation sites excluding steroid dienone is 2. The van der Waals surface area contributed by atoms with Crippen molar-refractivity contribution >= 4 is 11.6 Å².